The number of pyridine rings is 1. The Morgan fingerprint density at radius 2 is 2.19 bits per heavy atom. The van der Waals surface area contributed by atoms with Gasteiger partial charge >= 0.3 is 0 Å². The summed E-state index contributed by atoms with van der Waals surface area (Å²) < 4.78 is 0. The first-order chi connectivity index (χ1) is 7.44. The van der Waals surface area contributed by atoms with Crippen molar-refractivity contribution in [3.05, 3.63) is 34.2 Å². The highest BCUT2D eigenvalue weighted by molar-refractivity contribution is 5.94. The number of H-pyrrole nitrogens is 1. The fraction of sp³-hybridized carbons (Fsp3) is 0.455. The molecule has 0 aliphatic carbocycles. The van der Waals surface area contributed by atoms with Gasteiger partial charge in [-0.25, -0.2) is 0 Å². The average molecular weight is 224 g/mol. The smallest absolute Gasteiger partial charge is 0.253 e. The average Bonchev–Trinajstić information content (AvgIpc) is 2.17. The van der Waals surface area contributed by atoms with E-state index in [1.54, 1.807) is 0 Å². The normalized spacial score (nSPS) is 11.2. The highest BCUT2D eigenvalue weighted by Gasteiger charge is 2.20. The van der Waals surface area contributed by atoms with E-state index < -0.39 is 5.54 Å². The van der Waals surface area contributed by atoms with Gasteiger partial charge in [-0.1, -0.05) is 0 Å². The summed E-state index contributed by atoms with van der Waals surface area (Å²) in [7, 11) is 0. The Balaban J connectivity index is 2.72. The van der Waals surface area contributed by atoms with Crippen LogP contribution in [0.3, 0.4) is 0 Å². The summed E-state index contributed by atoms with van der Waals surface area (Å²) in [5.41, 5.74) is -0.320. The molecule has 88 valence electrons. The molecule has 0 atom stereocenters. The van der Waals surface area contributed by atoms with E-state index in [4.69, 9.17) is 5.11 Å². The molecule has 1 aromatic heterocycles. The molecule has 16 heavy (non-hydrogen) atoms. The molecule has 0 aliphatic heterocycles. The molecule has 1 aromatic rings. The van der Waals surface area contributed by atoms with Crippen LogP contribution in [0.25, 0.3) is 0 Å². The van der Waals surface area contributed by atoms with E-state index in [1.807, 2.05) is 13.8 Å². The Morgan fingerprint density at radius 1 is 1.50 bits per heavy atom. The zero-order valence-corrected chi connectivity index (χ0v) is 9.41. The number of hydrogen-bond donors (Lipinski definition) is 3. The van der Waals surface area contributed by atoms with Gasteiger partial charge in [-0.15, -0.1) is 0 Å². The van der Waals surface area contributed by atoms with Crippen molar-refractivity contribution in [2.45, 2.75) is 25.8 Å². The molecule has 0 fully saturated rings. The van der Waals surface area contributed by atoms with Crippen LogP contribution in [0, 0.1) is 0 Å². The number of amides is 1. The van der Waals surface area contributed by atoms with Gasteiger partial charge in [0.2, 0.25) is 5.56 Å². The van der Waals surface area contributed by atoms with Crippen LogP contribution in [0.5, 0.6) is 0 Å². The van der Waals surface area contributed by atoms with Crippen LogP contribution in [0.15, 0.2) is 23.1 Å². The maximum atomic E-state index is 11.7. The van der Waals surface area contributed by atoms with Crippen molar-refractivity contribution in [1.29, 1.82) is 0 Å². The summed E-state index contributed by atoms with van der Waals surface area (Å²) in [4.78, 5) is 25.0. The topological polar surface area (TPSA) is 82.2 Å². The van der Waals surface area contributed by atoms with Gasteiger partial charge in [0.15, 0.2) is 0 Å². The first-order valence-corrected chi connectivity index (χ1v) is 5.07. The molecule has 0 bridgehead atoms. The summed E-state index contributed by atoms with van der Waals surface area (Å²) in [5, 5.41) is 11.6. The third kappa shape index (κ3) is 3.51. The quantitative estimate of drug-likeness (QED) is 0.686. The van der Waals surface area contributed by atoms with Crippen LogP contribution in [-0.4, -0.2) is 28.1 Å². The molecule has 1 amide bonds. The van der Waals surface area contributed by atoms with E-state index in [9.17, 15) is 9.59 Å². The summed E-state index contributed by atoms with van der Waals surface area (Å²) in [6, 6.07) is 2.76. The maximum absolute atomic E-state index is 11.7. The minimum atomic E-state index is -0.470. The highest BCUT2D eigenvalue weighted by Crippen LogP contribution is 2.08. The van der Waals surface area contributed by atoms with Gasteiger partial charge < -0.3 is 15.4 Å². The lowest BCUT2D eigenvalue weighted by atomic mass is 10.0. The highest BCUT2D eigenvalue weighted by atomic mass is 16.3. The molecular weight excluding hydrogens is 208 g/mol. The van der Waals surface area contributed by atoms with Crippen molar-refractivity contribution >= 4 is 5.91 Å². The number of carbonyl (C=O) groups is 1. The molecule has 0 radical (unpaired) electrons. The summed E-state index contributed by atoms with van der Waals surface area (Å²) >= 11 is 0. The molecule has 0 unspecified atom stereocenters. The predicted molar refractivity (Wildman–Crippen MR) is 60.3 cm³/mol. The molecule has 3 N–H and O–H groups in total. The second-order valence-corrected chi connectivity index (χ2v) is 4.25. The molecule has 0 saturated heterocycles. The van der Waals surface area contributed by atoms with Crippen molar-refractivity contribution in [2.24, 2.45) is 0 Å². The standard InChI is InChI=1S/C11H16N2O3/c1-11(2,5-6-14)13-10(16)8-3-4-9(15)12-7-8/h3-4,7,14H,5-6H2,1-2H3,(H,12,15)(H,13,16). The monoisotopic (exact) mass is 224 g/mol. The lowest BCUT2D eigenvalue weighted by molar-refractivity contribution is 0.0899. The maximum Gasteiger partial charge on any atom is 0.253 e. The van der Waals surface area contributed by atoms with Crippen molar-refractivity contribution in [3.8, 4) is 0 Å². The summed E-state index contributed by atoms with van der Waals surface area (Å²) in [6.07, 6.45) is 1.84. The van der Waals surface area contributed by atoms with Crippen LogP contribution in [0.1, 0.15) is 30.6 Å². The Bertz CT molecular complexity index is 403. The Kier molecular flexibility index (Phi) is 3.84. The number of aliphatic hydroxyl groups is 1. The van der Waals surface area contributed by atoms with Crippen LogP contribution in [0.2, 0.25) is 0 Å². The van der Waals surface area contributed by atoms with Gasteiger partial charge in [0.1, 0.15) is 0 Å². The number of aromatic nitrogens is 1. The summed E-state index contributed by atoms with van der Waals surface area (Å²) in [5.74, 6) is -0.269. The largest absolute Gasteiger partial charge is 0.396 e. The third-order valence-electron chi connectivity index (χ3n) is 2.24. The number of nitrogens with one attached hydrogen (secondary N) is 2. The molecule has 1 rings (SSSR count). The van der Waals surface area contributed by atoms with Gasteiger partial charge in [-0.2, -0.15) is 0 Å². The van der Waals surface area contributed by atoms with Gasteiger partial charge in [-0.05, 0) is 26.3 Å². The van der Waals surface area contributed by atoms with E-state index in [2.05, 4.69) is 10.3 Å². The molecule has 5 heteroatoms. The molecule has 0 aliphatic rings. The number of aromatic amines is 1. The van der Waals surface area contributed by atoms with Crippen molar-refractivity contribution in [3.63, 3.8) is 0 Å². The zero-order chi connectivity index (χ0) is 12.2. The van der Waals surface area contributed by atoms with Crippen molar-refractivity contribution in [1.82, 2.24) is 10.3 Å². The second kappa shape index (κ2) is 4.94. The van der Waals surface area contributed by atoms with E-state index in [0.717, 1.165) is 0 Å². The third-order valence-corrected chi connectivity index (χ3v) is 2.24. The minimum Gasteiger partial charge on any atom is -0.396 e. The van der Waals surface area contributed by atoms with E-state index in [-0.39, 0.29) is 18.1 Å². The van der Waals surface area contributed by atoms with E-state index >= 15 is 0 Å². The molecule has 1 heterocycles. The first-order valence-electron chi connectivity index (χ1n) is 5.07. The second-order valence-electron chi connectivity index (χ2n) is 4.25. The zero-order valence-electron chi connectivity index (χ0n) is 9.41. The van der Waals surface area contributed by atoms with Crippen molar-refractivity contribution in [2.75, 3.05) is 6.61 Å². The Labute approximate surface area is 93.5 Å². The molecule has 0 aromatic carbocycles. The number of rotatable bonds is 4. The van der Waals surface area contributed by atoms with Gasteiger partial charge in [0.25, 0.3) is 5.91 Å². The minimum absolute atomic E-state index is 0.0128. The van der Waals surface area contributed by atoms with Crippen LogP contribution < -0.4 is 10.9 Å². The molecule has 0 spiro atoms. The first kappa shape index (κ1) is 12.4. The van der Waals surface area contributed by atoms with Crippen LogP contribution in [-0.2, 0) is 0 Å². The lowest BCUT2D eigenvalue weighted by Gasteiger charge is -2.25. The van der Waals surface area contributed by atoms with E-state index in [1.165, 1.54) is 18.3 Å². The predicted octanol–water partition coefficient (Wildman–Crippen LogP) is 0.266. The molecular formula is C11H16N2O3. The van der Waals surface area contributed by atoms with Crippen molar-refractivity contribution < 1.29 is 9.90 Å². The van der Waals surface area contributed by atoms with Gasteiger partial charge in [-0.3, -0.25) is 9.59 Å². The lowest BCUT2D eigenvalue weighted by Crippen LogP contribution is -2.44. The Hall–Kier alpha value is -1.62. The van der Waals surface area contributed by atoms with E-state index in [0.29, 0.717) is 12.0 Å². The van der Waals surface area contributed by atoms with Gasteiger partial charge in [0.05, 0.1) is 5.56 Å². The van der Waals surface area contributed by atoms with Crippen LogP contribution >= 0.6 is 0 Å². The summed E-state index contributed by atoms with van der Waals surface area (Å²) in [6.45, 7) is 3.67. The number of carbonyl (C=O) groups excluding carboxylic acids is 1. The molecule has 0 saturated carbocycles. The fourth-order valence-corrected chi connectivity index (χ4v) is 1.27. The SMILES string of the molecule is CC(C)(CCO)NC(=O)c1ccc(=O)[nH]c1. The van der Waals surface area contributed by atoms with Gasteiger partial charge in [0, 0.05) is 24.4 Å². The Morgan fingerprint density at radius 3 is 2.69 bits per heavy atom. The van der Waals surface area contributed by atoms with Crippen LogP contribution in [0.4, 0.5) is 0 Å². The number of hydrogen-bond acceptors (Lipinski definition) is 3. The fourth-order valence-electron chi connectivity index (χ4n) is 1.27. The molecule has 5 nitrogen and oxygen atoms in total. The number of aliphatic hydroxyl groups excluding tert-OH is 1.